The second-order valence-electron chi connectivity index (χ2n) is 11.2. The first kappa shape index (κ1) is 36.1. The third kappa shape index (κ3) is 13.1. The number of aromatic hydroxyl groups is 2. The van der Waals surface area contributed by atoms with Crippen molar-refractivity contribution in [3.8, 4) is 11.5 Å². The molecule has 0 saturated carbocycles. The van der Waals surface area contributed by atoms with E-state index in [0.717, 1.165) is 75.3 Å². The van der Waals surface area contributed by atoms with E-state index in [2.05, 4.69) is 35.6 Å². The van der Waals surface area contributed by atoms with Gasteiger partial charge in [0.25, 0.3) is 11.8 Å². The molecule has 6 N–H and O–H groups in total. The zero-order valence-electron chi connectivity index (χ0n) is 26.3. The summed E-state index contributed by atoms with van der Waals surface area (Å²) in [5.41, 5.74) is 11.6. The summed E-state index contributed by atoms with van der Waals surface area (Å²) in [6.07, 6.45) is 13.0. The number of rotatable bonds is 19. The van der Waals surface area contributed by atoms with E-state index >= 15 is 0 Å². The standard InChI is InChI=1S/C34H50N4O6/c1-3-5-17-25-19-15-21-27(39)31(25)33(43)37-35-29(41)23-13-11-9-7-8-10-12-14-24-30(42)36-38-34(44)32-26(18-6-4-2)20-16-22-28(32)40/h15-16,19-22,39-40H,3-14,17-18,23-24H2,1-2H3,(H,35,41)(H,36,42)(H,37,43)(H,38,44). The molecule has 0 saturated heterocycles. The smallest absolute Gasteiger partial charge is 0.273 e. The molecule has 2 aromatic carbocycles. The van der Waals surface area contributed by atoms with Crippen LogP contribution in [0.1, 0.15) is 136 Å². The predicted molar refractivity (Wildman–Crippen MR) is 171 cm³/mol. The summed E-state index contributed by atoms with van der Waals surface area (Å²) in [6, 6.07) is 9.98. The van der Waals surface area contributed by atoms with E-state index in [4.69, 9.17) is 0 Å². The molecule has 0 spiro atoms. The summed E-state index contributed by atoms with van der Waals surface area (Å²) in [5.74, 6) is -1.77. The van der Waals surface area contributed by atoms with Crippen LogP contribution in [0.2, 0.25) is 0 Å². The van der Waals surface area contributed by atoms with Crippen LogP contribution >= 0.6 is 0 Å². The van der Waals surface area contributed by atoms with Crippen LogP contribution in [0.5, 0.6) is 11.5 Å². The molecule has 0 heterocycles. The van der Waals surface area contributed by atoms with Crippen LogP contribution in [0.4, 0.5) is 0 Å². The minimum atomic E-state index is -0.520. The van der Waals surface area contributed by atoms with Gasteiger partial charge in [0.1, 0.15) is 11.5 Å². The van der Waals surface area contributed by atoms with Gasteiger partial charge in [-0.15, -0.1) is 0 Å². The Hall–Kier alpha value is -4.08. The van der Waals surface area contributed by atoms with Gasteiger partial charge in [0.15, 0.2) is 0 Å². The van der Waals surface area contributed by atoms with Crippen molar-refractivity contribution in [3.05, 3.63) is 58.7 Å². The topological polar surface area (TPSA) is 157 Å². The Morgan fingerprint density at radius 2 is 0.886 bits per heavy atom. The van der Waals surface area contributed by atoms with Gasteiger partial charge in [-0.05, 0) is 61.8 Å². The van der Waals surface area contributed by atoms with Crippen LogP contribution in [0.15, 0.2) is 36.4 Å². The number of carbonyl (C=O) groups is 4. The van der Waals surface area contributed by atoms with E-state index in [0.29, 0.717) is 38.5 Å². The van der Waals surface area contributed by atoms with Crippen LogP contribution in [0, 0.1) is 0 Å². The minimum Gasteiger partial charge on any atom is -0.507 e. The number of amides is 4. The number of hydrogen-bond acceptors (Lipinski definition) is 6. The SMILES string of the molecule is CCCCc1cccc(O)c1C(=O)NNC(=O)CCCCCCCCCCC(=O)NNC(=O)c1c(O)cccc1CCCC. The first-order valence-electron chi connectivity index (χ1n) is 16.1. The van der Waals surface area contributed by atoms with E-state index in [-0.39, 0.29) is 34.4 Å². The predicted octanol–water partition coefficient (Wildman–Crippen LogP) is 5.91. The first-order chi connectivity index (χ1) is 21.3. The number of phenolic OH excluding ortho intramolecular Hbond substituents is 2. The highest BCUT2D eigenvalue weighted by Crippen LogP contribution is 2.23. The summed E-state index contributed by atoms with van der Waals surface area (Å²) in [7, 11) is 0. The van der Waals surface area contributed by atoms with Crippen molar-refractivity contribution in [1.29, 1.82) is 0 Å². The van der Waals surface area contributed by atoms with Gasteiger partial charge < -0.3 is 10.2 Å². The molecule has 0 aliphatic rings. The lowest BCUT2D eigenvalue weighted by molar-refractivity contribution is -0.122. The summed E-state index contributed by atoms with van der Waals surface area (Å²) in [5, 5.41) is 20.3. The minimum absolute atomic E-state index is 0.0981. The number of unbranched alkanes of at least 4 members (excludes halogenated alkanes) is 9. The molecule has 4 amide bonds. The fourth-order valence-corrected chi connectivity index (χ4v) is 4.98. The van der Waals surface area contributed by atoms with E-state index in [9.17, 15) is 29.4 Å². The van der Waals surface area contributed by atoms with Crippen LogP contribution in [-0.2, 0) is 22.4 Å². The number of phenols is 2. The Labute approximate surface area is 261 Å². The third-order valence-electron chi connectivity index (χ3n) is 7.50. The number of nitrogens with one attached hydrogen (secondary N) is 4. The molecule has 0 unspecified atom stereocenters. The number of aryl methyl sites for hydroxylation is 2. The van der Waals surface area contributed by atoms with E-state index < -0.39 is 11.8 Å². The quantitative estimate of drug-likeness (QED) is 0.0858. The Bertz CT molecular complexity index is 1120. The average Bonchev–Trinajstić information content (AvgIpc) is 3.01. The molecule has 44 heavy (non-hydrogen) atoms. The zero-order chi connectivity index (χ0) is 32.2. The average molecular weight is 611 g/mol. The van der Waals surface area contributed by atoms with Crippen molar-refractivity contribution in [3.63, 3.8) is 0 Å². The lowest BCUT2D eigenvalue weighted by atomic mass is 10.0. The van der Waals surface area contributed by atoms with Crippen molar-refractivity contribution in [2.75, 3.05) is 0 Å². The fraction of sp³-hybridized carbons (Fsp3) is 0.529. The molecule has 10 heteroatoms. The maximum Gasteiger partial charge on any atom is 0.273 e. The maximum atomic E-state index is 12.5. The second kappa shape index (κ2) is 20.8. The van der Waals surface area contributed by atoms with Crippen molar-refractivity contribution < 1.29 is 29.4 Å². The van der Waals surface area contributed by atoms with Gasteiger partial charge in [0.05, 0.1) is 11.1 Å². The Kier molecular flexibility index (Phi) is 17.0. The molecule has 2 rings (SSSR count). The lowest BCUT2D eigenvalue weighted by Gasteiger charge is -2.12. The van der Waals surface area contributed by atoms with Gasteiger partial charge in [0, 0.05) is 12.8 Å². The van der Waals surface area contributed by atoms with Gasteiger partial charge in [0.2, 0.25) is 11.8 Å². The van der Waals surface area contributed by atoms with Crippen molar-refractivity contribution in [2.45, 2.75) is 117 Å². The third-order valence-corrected chi connectivity index (χ3v) is 7.50. The van der Waals surface area contributed by atoms with Crippen LogP contribution in [-0.4, -0.2) is 33.8 Å². The van der Waals surface area contributed by atoms with E-state index in [1.54, 1.807) is 12.1 Å². The molecule has 0 atom stereocenters. The highest BCUT2D eigenvalue weighted by Gasteiger charge is 2.18. The highest BCUT2D eigenvalue weighted by molar-refractivity contribution is 5.99. The summed E-state index contributed by atoms with van der Waals surface area (Å²) in [4.78, 5) is 49.4. The molecule has 0 aliphatic carbocycles. The number of benzene rings is 2. The highest BCUT2D eigenvalue weighted by atomic mass is 16.3. The molecule has 0 fully saturated rings. The van der Waals surface area contributed by atoms with Gasteiger partial charge in [-0.1, -0.05) is 89.5 Å². The molecular weight excluding hydrogens is 560 g/mol. The monoisotopic (exact) mass is 610 g/mol. The van der Waals surface area contributed by atoms with Crippen molar-refractivity contribution in [2.24, 2.45) is 0 Å². The number of hydrazine groups is 2. The van der Waals surface area contributed by atoms with Gasteiger partial charge in [-0.2, -0.15) is 0 Å². The zero-order valence-corrected chi connectivity index (χ0v) is 26.3. The number of carbonyl (C=O) groups excluding carboxylic acids is 4. The maximum absolute atomic E-state index is 12.5. The van der Waals surface area contributed by atoms with Gasteiger partial charge in [-0.3, -0.25) is 40.9 Å². The van der Waals surface area contributed by atoms with Gasteiger partial charge in [-0.25, -0.2) is 0 Å². The second-order valence-corrected chi connectivity index (χ2v) is 11.2. The molecule has 10 nitrogen and oxygen atoms in total. The Morgan fingerprint density at radius 1 is 0.523 bits per heavy atom. The van der Waals surface area contributed by atoms with Crippen molar-refractivity contribution in [1.82, 2.24) is 21.7 Å². The Balaban J connectivity index is 1.51. The van der Waals surface area contributed by atoms with Crippen LogP contribution in [0.25, 0.3) is 0 Å². The van der Waals surface area contributed by atoms with Crippen LogP contribution < -0.4 is 21.7 Å². The molecule has 0 bridgehead atoms. The summed E-state index contributed by atoms with van der Waals surface area (Å²) >= 11 is 0. The molecular formula is C34H50N4O6. The Morgan fingerprint density at radius 3 is 1.25 bits per heavy atom. The first-order valence-corrected chi connectivity index (χ1v) is 16.1. The number of hydrogen-bond donors (Lipinski definition) is 6. The molecule has 0 aliphatic heterocycles. The molecule has 2 aromatic rings. The van der Waals surface area contributed by atoms with Crippen molar-refractivity contribution >= 4 is 23.6 Å². The largest absolute Gasteiger partial charge is 0.507 e. The lowest BCUT2D eigenvalue weighted by Crippen LogP contribution is -2.41. The van der Waals surface area contributed by atoms with Gasteiger partial charge >= 0.3 is 0 Å². The summed E-state index contributed by atoms with van der Waals surface area (Å²) < 4.78 is 0. The molecule has 242 valence electrons. The van der Waals surface area contributed by atoms with Crippen LogP contribution in [0.3, 0.4) is 0 Å². The summed E-state index contributed by atoms with van der Waals surface area (Å²) in [6.45, 7) is 4.12. The normalized spacial score (nSPS) is 10.7. The fourth-order valence-electron chi connectivity index (χ4n) is 4.98. The molecule has 0 radical (unpaired) electrons. The van der Waals surface area contributed by atoms with E-state index in [1.807, 2.05) is 12.1 Å². The van der Waals surface area contributed by atoms with E-state index in [1.165, 1.54) is 12.1 Å². The molecule has 0 aromatic heterocycles.